The Labute approximate surface area is 110 Å². The smallest absolute Gasteiger partial charge is 0.104 e. The predicted octanol–water partition coefficient (Wildman–Crippen LogP) is 1.43. The van der Waals surface area contributed by atoms with Crippen LogP contribution in [0.2, 0.25) is 0 Å². The topological polar surface area (TPSA) is 37.5 Å². The lowest BCUT2D eigenvalue weighted by Crippen LogP contribution is -2.41. The highest BCUT2D eigenvalue weighted by molar-refractivity contribution is 4.84. The van der Waals surface area contributed by atoms with Crippen molar-refractivity contribution in [3.63, 3.8) is 0 Å². The van der Waals surface area contributed by atoms with E-state index < -0.39 is 0 Å². The molecule has 1 aliphatic carbocycles. The second-order valence-corrected chi connectivity index (χ2v) is 5.76. The molecule has 3 fully saturated rings. The molecule has 2 aliphatic heterocycles. The number of ether oxygens (including phenoxy) is 3. The van der Waals surface area contributed by atoms with E-state index in [-0.39, 0.29) is 0 Å². The second kappa shape index (κ2) is 5.87. The van der Waals surface area contributed by atoms with Crippen molar-refractivity contribution in [3.8, 4) is 0 Å². The number of likely N-dealkylation sites (N-methyl/N-ethyl adjacent to an activating group) is 1. The second-order valence-electron chi connectivity index (χ2n) is 5.76. The highest BCUT2D eigenvalue weighted by Crippen LogP contribution is 2.27. The van der Waals surface area contributed by atoms with Crippen LogP contribution in [0.5, 0.6) is 0 Å². The minimum absolute atomic E-state index is 0.405. The molecular weight excluding hydrogens is 230 g/mol. The quantitative estimate of drug-likeness (QED) is 0.645. The van der Waals surface area contributed by atoms with Crippen molar-refractivity contribution in [2.24, 2.45) is 0 Å². The first-order valence-electron chi connectivity index (χ1n) is 7.44. The van der Waals surface area contributed by atoms with Crippen LogP contribution in [0.4, 0.5) is 0 Å². The fraction of sp³-hybridized carbons (Fsp3) is 1.00. The monoisotopic (exact) mass is 255 g/mol. The van der Waals surface area contributed by atoms with Crippen LogP contribution in [0.3, 0.4) is 0 Å². The van der Waals surface area contributed by atoms with E-state index in [0.717, 1.165) is 39.0 Å². The third-order valence-corrected chi connectivity index (χ3v) is 4.33. The summed E-state index contributed by atoms with van der Waals surface area (Å²) in [4.78, 5) is 2.60. The van der Waals surface area contributed by atoms with Crippen LogP contribution in [0.1, 0.15) is 32.6 Å². The first-order valence-corrected chi connectivity index (χ1v) is 7.44. The molecule has 1 saturated carbocycles. The molecule has 18 heavy (non-hydrogen) atoms. The molecule has 0 amide bonds. The van der Waals surface area contributed by atoms with Crippen molar-refractivity contribution < 1.29 is 14.2 Å². The Kier molecular flexibility index (Phi) is 4.19. The molecule has 2 atom stereocenters. The van der Waals surface area contributed by atoms with Gasteiger partial charge in [0, 0.05) is 12.6 Å². The summed E-state index contributed by atoms with van der Waals surface area (Å²) in [6, 6.07) is 0.747. The Morgan fingerprint density at radius 2 is 1.72 bits per heavy atom. The van der Waals surface area contributed by atoms with Crippen LogP contribution in [0, 0.1) is 0 Å². The molecule has 104 valence electrons. The minimum Gasteiger partial charge on any atom is -0.375 e. The number of epoxide rings is 2. The third-order valence-electron chi connectivity index (χ3n) is 4.33. The van der Waals surface area contributed by atoms with Crippen LogP contribution < -0.4 is 0 Å². The third kappa shape index (κ3) is 3.67. The molecule has 0 aromatic rings. The van der Waals surface area contributed by atoms with Gasteiger partial charge in [-0.15, -0.1) is 0 Å². The fourth-order valence-corrected chi connectivity index (χ4v) is 2.96. The van der Waals surface area contributed by atoms with Gasteiger partial charge in [0.1, 0.15) is 6.10 Å². The molecule has 2 saturated heterocycles. The molecule has 2 unspecified atom stereocenters. The number of rotatable bonds is 7. The van der Waals surface area contributed by atoms with Crippen LogP contribution in [-0.4, -0.2) is 62.2 Å². The Hall–Kier alpha value is -0.160. The van der Waals surface area contributed by atoms with Gasteiger partial charge in [-0.1, -0.05) is 6.92 Å². The first-order chi connectivity index (χ1) is 8.85. The normalized spacial score (nSPS) is 39.0. The van der Waals surface area contributed by atoms with Gasteiger partial charge in [-0.05, 0) is 32.2 Å². The summed E-state index contributed by atoms with van der Waals surface area (Å²) in [6.45, 7) is 7.21. The van der Waals surface area contributed by atoms with Crippen molar-refractivity contribution in [3.05, 3.63) is 0 Å². The lowest BCUT2D eigenvalue weighted by atomic mass is 9.91. The lowest BCUT2D eigenvalue weighted by molar-refractivity contribution is 0.000663. The molecule has 3 aliphatic rings. The average molecular weight is 255 g/mol. The van der Waals surface area contributed by atoms with Gasteiger partial charge in [-0.25, -0.2) is 0 Å². The summed E-state index contributed by atoms with van der Waals surface area (Å²) >= 11 is 0. The highest BCUT2D eigenvalue weighted by Gasteiger charge is 2.31. The molecule has 0 aromatic heterocycles. The first kappa shape index (κ1) is 12.9. The van der Waals surface area contributed by atoms with Crippen molar-refractivity contribution in [1.82, 2.24) is 4.90 Å². The van der Waals surface area contributed by atoms with Gasteiger partial charge in [-0.3, -0.25) is 4.90 Å². The zero-order valence-corrected chi connectivity index (χ0v) is 11.3. The van der Waals surface area contributed by atoms with E-state index in [1.165, 1.54) is 25.7 Å². The molecule has 0 spiro atoms. The largest absolute Gasteiger partial charge is 0.375 e. The summed E-state index contributed by atoms with van der Waals surface area (Å²) in [5, 5.41) is 0. The van der Waals surface area contributed by atoms with E-state index in [0.29, 0.717) is 18.3 Å². The average Bonchev–Trinajstić information content (AvgIpc) is 3.28. The van der Waals surface area contributed by atoms with E-state index in [1.54, 1.807) is 0 Å². The van der Waals surface area contributed by atoms with Gasteiger partial charge in [0.05, 0.1) is 32.0 Å². The molecule has 0 aromatic carbocycles. The number of hydrogen-bond acceptors (Lipinski definition) is 4. The zero-order valence-electron chi connectivity index (χ0n) is 11.3. The lowest BCUT2D eigenvalue weighted by Gasteiger charge is -2.36. The standard InChI is InChI=1S/C14H25NO3/c1-2-15(7-13-8-17-13)11-3-5-12(6-4-11)16-9-14-10-18-14/h11-14H,2-10H2,1H3. The Morgan fingerprint density at radius 3 is 2.28 bits per heavy atom. The zero-order chi connectivity index (χ0) is 12.4. The summed E-state index contributed by atoms with van der Waals surface area (Å²) in [5.41, 5.74) is 0. The van der Waals surface area contributed by atoms with Crippen molar-refractivity contribution in [2.75, 3.05) is 32.9 Å². The van der Waals surface area contributed by atoms with Crippen molar-refractivity contribution >= 4 is 0 Å². The Morgan fingerprint density at radius 1 is 1.06 bits per heavy atom. The summed E-state index contributed by atoms with van der Waals surface area (Å²) in [6.07, 6.45) is 6.36. The summed E-state index contributed by atoms with van der Waals surface area (Å²) in [5.74, 6) is 0. The minimum atomic E-state index is 0.405. The van der Waals surface area contributed by atoms with Crippen LogP contribution in [-0.2, 0) is 14.2 Å². The maximum atomic E-state index is 5.89. The molecule has 4 nitrogen and oxygen atoms in total. The maximum Gasteiger partial charge on any atom is 0.104 e. The molecule has 0 radical (unpaired) electrons. The van der Waals surface area contributed by atoms with Crippen molar-refractivity contribution in [2.45, 2.75) is 57.0 Å². The van der Waals surface area contributed by atoms with Crippen molar-refractivity contribution in [1.29, 1.82) is 0 Å². The van der Waals surface area contributed by atoms with Crippen LogP contribution in [0.25, 0.3) is 0 Å². The van der Waals surface area contributed by atoms with Crippen LogP contribution in [0.15, 0.2) is 0 Å². The molecule has 2 heterocycles. The molecule has 0 N–H and O–H groups in total. The van der Waals surface area contributed by atoms with E-state index in [9.17, 15) is 0 Å². The number of nitrogens with zero attached hydrogens (tertiary/aromatic N) is 1. The SMILES string of the molecule is CCN(CC1CO1)C1CCC(OCC2CO2)CC1. The van der Waals surface area contributed by atoms with Crippen LogP contribution >= 0.6 is 0 Å². The Bertz CT molecular complexity index is 258. The molecule has 0 bridgehead atoms. The van der Waals surface area contributed by atoms with E-state index >= 15 is 0 Å². The van der Waals surface area contributed by atoms with Gasteiger partial charge in [0.15, 0.2) is 0 Å². The maximum absolute atomic E-state index is 5.89. The molecular formula is C14H25NO3. The molecule has 3 rings (SSSR count). The number of hydrogen-bond donors (Lipinski definition) is 0. The summed E-state index contributed by atoms with van der Waals surface area (Å²) < 4.78 is 16.4. The highest BCUT2D eigenvalue weighted by atomic mass is 16.6. The van der Waals surface area contributed by atoms with Gasteiger partial charge < -0.3 is 14.2 Å². The molecule has 4 heteroatoms. The predicted molar refractivity (Wildman–Crippen MR) is 68.7 cm³/mol. The van der Waals surface area contributed by atoms with E-state index in [4.69, 9.17) is 14.2 Å². The van der Waals surface area contributed by atoms with Gasteiger partial charge in [-0.2, -0.15) is 0 Å². The van der Waals surface area contributed by atoms with E-state index in [1.807, 2.05) is 0 Å². The van der Waals surface area contributed by atoms with E-state index in [2.05, 4.69) is 11.8 Å². The van der Waals surface area contributed by atoms with Gasteiger partial charge in [0.2, 0.25) is 0 Å². The fourth-order valence-electron chi connectivity index (χ4n) is 2.96. The Balaban J connectivity index is 1.37. The summed E-state index contributed by atoms with van der Waals surface area (Å²) in [7, 11) is 0. The van der Waals surface area contributed by atoms with Gasteiger partial charge in [0.25, 0.3) is 0 Å². The van der Waals surface area contributed by atoms with Gasteiger partial charge >= 0.3 is 0 Å².